The molecule has 0 aliphatic rings. The van der Waals surface area contributed by atoms with Crippen LogP contribution in [0.25, 0.3) is 0 Å². The number of rotatable bonds is 3. The lowest BCUT2D eigenvalue weighted by molar-refractivity contribution is 0.260. The normalized spacial score (nSPS) is 9.86. The number of benzene rings is 1. The van der Waals surface area contributed by atoms with E-state index in [2.05, 4.69) is 5.32 Å². The van der Waals surface area contributed by atoms with E-state index in [1.54, 1.807) is 12.1 Å². The number of nitrogens with one attached hydrogen (secondary N) is 1. The highest BCUT2D eigenvalue weighted by atomic mass is 35.5. The van der Waals surface area contributed by atoms with Crippen LogP contribution in [0, 0.1) is 0 Å². The highest BCUT2D eigenvalue weighted by Crippen LogP contribution is 2.20. The highest BCUT2D eigenvalue weighted by molar-refractivity contribution is 8.13. The van der Waals surface area contributed by atoms with Gasteiger partial charge in [-0.05, 0) is 42.4 Å². The Morgan fingerprint density at radius 1 is 1.43 bits per heavy atom. The van der Waals surface area contributed by atoms with Gasteiger partial charge in [-0.15, -0.1) is 0 Å². The molecule has 1 aromatic rings. The number of carbonyl (C=O) groups excluding carboxylic acids is 1. The van der Waals surface area contributed by atoms with Gasteiger partial charge in [-0.3, -0.25) is 4.79 Å². The Labute approximate surface area is 93.0 Å². The second-order valence-corrected chi connectivity index (χ2v) is 4.25. The van der Waals surface area contributed by atoms with Crippen LogP contribution in [-0.2, 0) is 0 Å². The first-order valence-corrected chi connectivity index (χ1v) is 5.63. The summed E-state index contributed by atoms with van der Waals surface area (Å²) < 4.78 is 0. The molecule has 0 fully saturated rings. The first kappa shape index (κ1) is 11.4. The maximum Gasteiger partial charge on any atom is 0.283 e. The van der Waals surface area contributed by atoms with E-state index in [1.165, 1.54) is 11.8 Å². The maximum absolute atomic E-state index is 11.3. The van der Waals surface area contributed by atoms with E-state index < -0.39 is 0 Å². The molecule has 0 radical (unpaired) electrons. The van der Waals surface area contributed by atoms with E-state index in [1.807, 2.05) is 19.1 Å². The van der Waals surface area contributed by atoms with Gasteiger partial charge < -0.3 is 5.32 Å². The molecule has 0 saturated heterocycles. The van der Waals surface area contributed by atoms with Crippen molar-refractivity contribution < 1.29 is 4.79 Å². The molecular formula is C10H12ClNOS. The third-order valence-electron chi connectivity index (χ3n) is 1.54. The van der Waals surface area contributed by atoms with Crippen LogP contribution in [0.4, 0.5) is 4.79 Å². The van der Waals surface area contributed by atoms with E-state index in [0.717, 1.165) is 17.9 Å². The fraction of sp³-hybridized carbons (Fsp3) is 0.300. The number of amides is 1. The third-order valence-corrected chi connectivity index (χ3v) is 2.63. The average molecular weight is 230 g/mol. The van der Waals surface area contributed by atoms with Gasteiger partial charge in [-0.25, -0.2) is 0 Å². The van der Waals surface area contributed by atoms with Gasteiger partial charge in [0.15, 0.2) is 0 Å². The lowest BCUT2D eigenvalue weighted by atomic mass is 10.4. The lowest BCUT2D eigenvalue weighted by Gasteiger charge is -2.02. The van der Waals surface area contributed by atoms with Crippen LogP contribution >= 0.6 is 23.4 Å². The molecule has 0 unspecified atom stereocenters. The summed E-state index contributed by atoms with van der Waals surface area (Å²) in [4.78, 5) is 12.2. The van der Waals surface area contributed by atoms with Gasteiger partial charge in [0.2, 0.25) is 0 Å². The molecule has 1 N–H and O–H groups in total. The maximum atomic E-state index is 11.3. The second kappa shape index (κ2) is 5.94. The minimum absolute atomic E-state index is 0.0193. The smallest absolute Gasteiger partial charge is 0.283 e. The molecule has 4 heteroatoms. The standard InChI is InChI=1S/C10H12ClNOS/c1-2-7-12-10(13)14-9-5-3-8(11)4-6-9/h3-6H,2,7H2,1H3,(H,12,13). The predicted molar refractivity (Wildman–Crippen MR) is 61.0 cm³/mol. The van der Waals surface area contributed by atoms with Gasteiger partial charge in [-0.1, -0.05) is 18.5 Å². The van der Waals surface area contributed by atoms with E-state index in [4.69, 9.17) is 11.6 Å². The molecule has 1 aromatic carbocycles. The Bertz CT molecular complexity index is 299. The fourth-order valence-corrected chi connectivity index (χ4v) is 1.66. The molecule has 1 rings (SSSR count). The molecule has 1 amide bonds. The zero-order valence-corrected chi connectivity index (χ0v) is 9.49. The molecule has 0 aromatic heterocycles. The summed E-state index contributed by atoms with van der Waals surface area (Å²) in [7, 11) is 0. The van der Waals surface area contributed by atoms with Gasteiger partial charge in [-0.2, -0.15) is 0 Å². The van der Waals surface area contributed by atoms with Crippen LogP contribution in [0.2, 0.25) is 5.02 Å². The summed E-state index contributed by atoms with van der Waals surface area (Å²) in [6.07, 6.45) is 0.951. The van der Waals surface area contributed by atoms with Gasteiger partial charge in [0.05, 0.1) is 0 Å². The van der Waals surface area contributed by atoms with Gasteiger partial charge in [0.25, 0.3) is 5.24 Å². The number of halogens is 1. The molecule has 0 aliphatic heterocycles. The first-order valence-electron chi connectivity index (χ1n) is 4.43. The summed E-state index contributed by atoms with van der Waals surface area (Å²) in [5, 5.41) is 3.45. The molecular weight excluding hydrogens is 218 g/mol. The molecule has 0 saturated carbocycles. The van der Waals surface area contributed by atoms with E-state index >= 15 is 0 Å². The Morgan fingerprint density at radius 3 is 2.64 bits per heavy atom. The second-order valence-electron chi connectivity index (χ2n) is 2.77. The molecule has 0 aliphatic carbocycles. The van der Waals surface area contributed by atoms with Crippen LogP contribution in [0.1, 0.15) is 13.3 Å². The minimum atomic E-state index is -0.0193. The Kier molecular flexibility index (Phi) is 4.84. The monoisotopic (exact) mass is 229 g/mol. The lowest BCUT2D eigenvalue weighted by Crippen LogP contribution is -2.18. The van der Waals surface area contributed by atoms with Crippen LogP contribution < -0.4 is 5.32 Å². The summed E-state index contributed by atoms with van der Waals surface area (Å²) in [5.74, 6) is 0. The first-order chi connectivity index (χ1) is 6.72. The number of thioether (sulfide) groups is 1. The van der Waals surface area contributed by atoms with Crippen molar-refractivity contribution in [2.75, 3.05) is 6.54 Å². The van der Waals surface area contributed by atoms with Crippen molar-refractivity contribution in [3.63, 3.8) is 0 Å². The Morgan fingerprint density at radius 2 is 2.07 bits per heavy atom. The van der Waals surface area contributed by atoms with E-state index in [-0.39, 0.29) is 5.24 Å². The topological polar surface area (TPSA) is 29.1 Å². The number of carbonyl (C=O) groups is 1. The van der Waals surface area contributed by atoms with Gasteiger partial charge in [0.1, 0.15) is 0 Å². The van der Waals surface area contributed by atoms with Crippen molar-refractivity contribution in [3.8, 4) is 0 Å². The quantitative estimate of drug-likeness (QED) is 0.804. The molecule has 0 atom stereocenters. The van der Waals surface area contributed by atoms with Crippen LogP contribution in [0.15, 0.2) is 29.2 Å². The minimum Gasteiger partial charge on any atom is -0.347 e. The molecule has 76 valence electrons. The summed E-state index contributed by atoms with van der Waals surface area (Å²) in [5.41, 5.74) is 0. The summed E-state index contributed by atoms with van der Waals surface area (Å²) in [6, 6.07) is 7.21. The zero-order chi connectivity index (χ0) is 10.4. The Hall–Kier alpha value is -0.670. The van der Waals surface area contributed by atoms with Crippen molar-refractivity contribution in [3.05, 3.63) is 29.3 Å². The summed E-state index contributed by atoms with van der Waals surface area (Å²) >= 11 is 6.91. The van der Waals surface area contributed by atoms with Gasteiger partial charge in [0, 0.05) is 16.5 Å². The molecule has 0 heterocycles. The van der Waals surface area contributed by atoms with Crippen LogP contribution in [0.3, 0.4) is 0 Å². The van der Waals surface area contributed by atoms with Crippen molar-refractivity contribution in [2.45, 2.75) is 18.2 Å². The molecule has 0 spiro atoms. The van der Waals surface area contributed by atoms with E-state index in [9.17, 15) is 4.79 Å². The highest BCUT2D eigenvalue weighted by Gasteiger charge is 2.02. The fourth-order valence-electron chi connectivity index (χ4n) is 0.873. The van der Waals surface area contributed by atoms with Crippen molar-refractivity contribution in [1.82, 2.24) is 5.32 Å². The van der Waals surface area contributed by atoms with Crippen LogP contribution in [-0.4, -0.2) is 11.8 Å². The molecule has 0 bridgehead atoms. The van der Waals surface area contributed by atoms with Crippen molar-refractivity contribution in [2.24, 2.45) is 0 Å². The number of hydrogen-bond acceptors (Lipinski definition) is 2. The SMILES string of the molecule is CCCNC(=O)Sc1ccc(Cl)cc1. The van der Waals surface area contributed by atoms with Crippen LogP contribution in [0.5, 0.6) is 0 Å². The largest absolute Gasteiger partial charge is 0.347 e. The Balaban J connectivity index is 2.44. The van der Waals surface area contributed by atoms with E-state index in [0.29, 0.717) is 5.02 Å². The third kappa shape index (κ3) is 4.03. The summed E-state index contributed by atoms with van der Waals surface area (Å²) in [6.45, 7) is 2.74. The van der Waals surface area contributed by atoms with Crippen molar-refractivity contribution in [1.29, 1.82) is 0 Å². The zero-order valence-electron chi connectivity index (χ0n) is 7.92. The average Bonchev–Trinajstić information content (AvgIpc) is 2.18. The van der Waals surface area contributed by atoms with Gasteiger partial charge >= 0.3 is 0 Å². The number of hydrogen-bond donors (Lipinski definition) is 1. The molecule has 2 nitrogen and oxygen atoms in total. The predicted octanol–water partition coefficient (Wildman–Crippen LogP) is 3.55. The van der Waals surface area contributed by atoms with Crippen molar-refractivity contribution >= 4 is 28.6 Å². The molecule has 14 heavy (non-hydrogen) atoms.